The maximum Gasteiger partial charge on any atom is 0.248 e. The molecule has 0 radical (unpaired) electrons. The molecular weight excluding hydrogens is 338 g/mol. The van der Waals surface area contributed by atoms with E-state index < -0.39 is 26.6 Å². The van der Waals surface area contributed by atoms with Crippen molar-refractivity contribution in [3.05, 3.63) is 29.3 Å². The number of nitriles is 1. The molecule has 0 bridgehead atoms. The molecule has 0 aromatic heterocycles. The predicted octanol–water partition coefficient (Wildman–Crippen LogP) is 0.505. The number of sulfonamides is 1. The number of rotatable bonds is 3. The minimum Gasteiger partial charge on any atom is -0.314 e. The second kappa shape index (κ2) is 6.72. The van der Waals surface area contributed by atoms with E-state index >= 15 is 0 Å². The highest BCUT2D eigenvalue weighted by atomic mass is 32.2. The van der Waals surface area contributed by atoms with Crippen LogP contribution in [0.3, 0.4) is 0 Å². The van der Waals surface area contributed by atoms with E-state index in [0.29, 0.717) is 6.42 Å². The number of nitrogens with zero attached hydrogens (tertiary/aromatic N) is 3. The minimum absolute atomic E-state index is 0.0615. The van der Waals surface area contributed by atoms with Gasteiger partial charge in [0.05, 0.1) is 11.6 Å². The van der Waals surface area contributed by atoms with Crippen LogP contribution in [-0.2, 0) is 10.0 Å². The normalized spacial score (nSPS) is 23.3. The summed E-state index contributed by atoms with van der Waals surface area (Å²) in [6.45, 7) is 3.82. The first kappa shape index (κ1) is 17.2. The highest BCUT2D eigenvalue weighted by Crippen LogP contribution is 2.28. The van der Waals surface area contributed by atoms with E-state index in [2.05, 4.69) is 10.2 Å². The molecule has 1 aromatic carbocycles. The van der Waals surface area contributed by atoms with E-state index in [1.165, 1.54) is 0 Å². The zero-order valence-corrected chi connectivity index (χ0v) is 13.8. The van der Waals surface area contributed by atoms with Crippen LogP contribution < -0.4 is 5.32 Å². The third kappa shape index (κ3) is 3.15. The Kier molecular flexibility index (Phi) is 4.83. The molecule has 6 nitrogen and oxygen atoms in total. The summed E-state index contributed by atoms with van der Waals surface area (Å²) >= 11 is 0. The minimum atomic E-state index is -4.26. The molecule has 0 amide bonds. The van der Waals surface area contributed by atoms with Crippen LogP contribution in [0.4, 0.5) is 8.78 Å². The molecule has 1 aromatic rings. The SMILES string of the molecule is N#Cc1cc(F)c(S(=O)(=O)N2CCC(N3CCNCC3)C2)c(F)c1. The first-order valence-corrected chi connectivity index (χ1v) is 9.21. The zero-order chi connectivity index (χ0) is 17.3. The Morgan fingerprint density at radius 2 is 1.79 bits per heavy atom. The fraction of sp³-hybridized carbons (Fsp3) is 0.533. The topological polar surface area (TPSA) is 76.4 Å². The van der Waals surface area contributed by atoms with Crippen LogP contribution in [0.15, 0.2) is 17.0 Å². The van der Waals surface area contributed by atoms with E-state index in [0.717, 1.165) is 42.6 Å². The largest absolute Gasteiger partial charge is 0.314 e. The van der Waals surface area contributed by atoms with Gasteiger partial charge in [0.25, 0.3) is 0 Å². The molecule has 2 aliphatic heterocycles. The Hall–Kier alpha value is -1.60. The standard InChI is InChI=1S/C15H18F2N4O2S/c16-13-7-11(9-18)8-14(17)15(13)24(22,23)21-4-1-12(10-21)20-5-2-19-3-6-20/h7-8,12,19H,1-6,10H2. The van der Waals surface area contributed by atoms with Crippen LogP contribution in [0.2, 0.25) is 0 Å². The van der Waals surface area contributed by atoms with Crippen LogP contribution in [0, 0.1) is 23.0 Å². The van der Waals surface area contributed by atoms with Crippen LogP contribution >= 0.6 is 0 Å². The lowest BCUT2D eigenvalue weighted by molar-refractivity contribution is 0.179. The monoisotopic (exact) mass is 356 g/mol. The van der Waals surface area contributed by atoms with Gasteiger partial charge in [-0.15, -0.1) is 0 Å². The van der Waals surface area contributed by atoms with Crippen LogP contribution in [-0.4, -0.2) is 62.9 Å². The molecule has 9 heteroatoms. The quantitative estimate of drug-likeness (QED) is 0.854. The van der Waals surface area contributed by atoms with E-state index in [1.807, 2.05) is 0 Å². The van der Waals surface area contributed by atoms with Crippen molar-refractivity contribution in [2.45, 2.75) is 17.4 Å². The van der Waals surface area contributed by atoms with Crippen molar-refractivity contribution in [2.24, 2.45) is 0 Å². The summed E-state index contributed by atoms with van der Waals surface area (Å²) in [4.78, 5) is 1.24. The molecule has 0 spiro atoms. The van der Waals surface area contributed by atoms with Gasteiger partial charge in [-0.25, -0.2) is 17.2 Å². The lowest BCUT2D eigenvalue weighted by Gasteiger charge is -2.32. The molecule has 0 aliphatic carbocycles. The Morgan fingerprint density at radius 3 is 2.38 bits per heavy atom. The van der Waals surface area contributed by atoms with E-state index in [-0.39, 0.29) is 24.7 Å². The van der Waals surface area contributed by atoms with Crippen molar-refractivity contribution in [3.63, 3.8) is 0 Å². The maximum absolute atomic E-state index is 14.1. The van der Waals surface area contributed by atoms with Gasteiger partial charge in [0.2, 0.25) is 10.0 Å². The van der Waals surface area contributed by atoms with Crippen molar-refractivity contribution in [3.8, 4) is 6.07 Å². The molecular formula is C15H18F2N4O2S. The molecule has 2 fully saturated rings. The number of nitrogens with one attached hydrogen (secondary N) is 1. The fourth-order valence-electron chi connectivity index (χ4n) is 3.27. The summed E-state index contributed by atoms with van der Waals surface area (Å²) in [6, 6.07) is 3.17. The molecule has 130 valence electrons. The van der Waals surface area contributed by atoms with Gasteiger partial charge in [0.1, 0.15) is 11.6 Å². The van der Waals surface area contributed by atoms with E-state index in [1.54, 1.807) is 6.07 Å². The average Bonchev–Trinajstić information content (AvgIpc) is 3.05. The molecule has 1 unspecified atom stereocenters. The van der Waals surface area contributed by atoms with Gasteiger partial charge < -0.3 is 5.32 Å². The molecule has 1 atom stereocenters. The number of piperazine rings is 1. The van der Waals surface area contributed by atoms with Crippen molar-refractivity contribution in [2.75, 3.05) is 39.3 Å². The van der Waals surface area contributed by atoms with Gasteiger partial charge in [0, 0.05) is 45.3 Å². The third-order valence-corrected chi connectivity index (χ3v) is 6.44. The first-order valence-electron chi connectivity index (χ1n) is 7.77. The molecule has 3 rings (SSSR count). The van der Waals surface area contributed by atoms with Crippen molar-refractivity contribution >= 4 is 10.0 Å². The molecule has 2 aliphatic rings. The van der Waals surface area contributed by atoms with E-state index in [9.17, 15) is 17.2 Å². The number of hydrogen-bond acceptors (Lipinski definition) is 5. The van der Waals surface area contributed by atoms with Gasteiger partial charge in [0.15, 0.2) is 4.90 Å². The maximum atomic E-state index is 14.1. The Morgan fingerprint density at radius 1 is 1.17 bits per heavy atom. The van der Waals surface area contributed by atoms with Gasteiger partial charge in [-0.3, -0.25) is 4.90 Å². The number of benzene rings is 1. The van der Waals surface area contributed by atoms with E-state index in [4.69, 9.17) is 5.26 Å². The zero-order valence-electron chi connectivity index (χ0n) is 13.0. The van der Waals surface area contributed by atoms with Gasteiger partial charge in [-0.1, -0.05) is 0 Å². The molecule has 2 saturated heterocycles. The van der Waals surface area contributed by atoms with Crippen LogP contribution in [0.1, 0.15) is 12.0 Å². The second-order valence-electron chi connectivity index (χ2n) is 5.97. The van der Waals surface area contributed by atoms with Crippen molar-refractivity contribution in [1.82, 2.24) is 14.5 Å². The lowest BCUT2D eigenvalue weighted by Crippen LogP contribution is -2.49. The third-order valence-electron chi connectivity index (χ3n) is 4.52. The smallest absolute Gasteiger partial charge is 0.248 e. The summed E-state index contributed by atoms with van der Waals surface area (Å²) in [7, 11) is -4.26. The van der Waals surface area contributed by atoms with Gasteiger partial charge in [-0.05, 0) is 18.6 Å². The summed E-state index contributed by atoms with van der Waals surface area (Å²) in [6.07, 6.45) is 0.638. The Balaban J connectivity index is 1.83. The first-order chi connectivity index (χ1) is 11.4. The van der Waals surface area contributed by atoms with Gasteiger partial charge in [-0.2, -0.15) is 9.57 Å². The number of hydrogen-bond donors (Lipinski definition) is 1. The molecule has 24 heavy (non-hydrogen) atoms. The Labute approximate surface area is 139 Å². The highest BCUT2D eigenvalue weighted by Gasteiger charge is 2.38. The molecule has 2 heterocycles. The summed E-state index contributed by atoms with van der Waals surface area (Å²) in [5, 5.41) is 11.9. The lowest BCUT2D eigenvalue weighted by atomic mass is 10.2. The second-order valence-corrected chi connectivity index (χ2v) is 7.85. The molecule has 0 saturated carbocycles. The molecule has 1 N–H and O–H groups in total. The van der Waals surface area contributed by atoms with Crippen molar-refractivity contribution in [1.29, 1.82) is 5.26 Å². The predicted molar refractivity (Wildman–Crippen MR) is 82.7 cm³/mol. The average molecular weight is 356 g/mol. The van der Waals surface area contributed by atoms with Crippen LogP contribution in [0.25, 0.3) is 0 Å². The Bertz CT molecular complexity index is 749. The van der Waals surface area contributed by atoms with Crippen molar-refractivity contribution < 1.29 is 17.2 Å². The number of halogens is 2. The fourth-order valence-corrected chi connectivity index (χ4v) is 4.86. The van der Waals surface area contributed by atoms with Crippen LogP contribution in [0.5, 0.6) is 0 Å². The van der Waals surface area contributed by atoms with Gasteiger partial charge >= 0.3 is 0 Å². The highest BCUT2D eigenvalue weighted by molar-refractivity contribution is 7.89. The summed E-state index contributed by atoms with van der Waals surface area (Å²) in [5.74, 6) is -2.45. The summed E-state index contributed by atoms with van der Waals surface area (Å²) in [5.41, 5.74) is -0.246. The summed E-state index contributed by atoms with van der Waals surface area (Å²) < 4.78 is 54.6.